The first-order valence-corrected chi connectivity index (χ1v) is 8.72. The highest BCUT2D eigenvalue weighted by Gasteiger charge is 2.32. The number of hydrogen-bond donors (Lipinski definition) is 1. The van der Waals surface area contributed by atoms with Crippen LogP contribution in [-0.4, -0.2) is 43.8 Å². The monoisotopic (exact) mass is 369 g/mol. The van der Waals surface area contributed by atoms with Gasteiger partial charge in [-0.1, -0.05) is 48.5 Å². The number of amides is 3. The molecule has 1 aliphatic heterocycles. The molecule has 0 radical (unpaired) electrons. The Morgan fingerprint density at radius 3 is 2.59 bits per heavy atom. The number of fused-ring (bicyclic) bond motifs is 1. The van der Waals surface area contributed by atoms with Crippen LogP contribution in [0.25, 0.3) is 0 Å². The van der Waals surface area contributed by atoms with E-state index in [4.69, 9.17) is 9.57 Å². The third-order valence-electron chi connectivity index (χ3n) is 4.61. The molecule has 1 atom stereocenters. The van der Waals surface area contributed by atoms with Crippen LogP contribution in [0.3, 0.4) is 0 Å². The van der Waals surface area contributed by atoms with Crippen molar-refractivity contribution in [3.8, 4) is 0 Å². The summed E-state index contributed by atoms with van der Waals surface area (Å²) in [5, 5.41) is 0. The van der Waals surface area contributed by atoms with Gasteiger partial charge in [0.05, 0.1) is 13.2 Å². The van der Waals surface area contributed by atoms with Gasteiger partial charge in [-0.05, 0) is 23.6 Å². The van der Waals surface area contributed by atoms with Gasteiger partial charge in [-0.25, -0.2) is 15.1 Å². The molecule has 3 rings (SSSR count). The molecule has 7 nitrogen and oxygen atoms in total. The lowest BCUT2D eigenvalue weighted by Crippen LogP contribution is -2.53. The summed E-state index contributed by atoms with van der Waals surface area (Å²) in [6, 6.07) is 16.6. The Morgan fingerprint density at radius 2 is 1.85 bits per heavy atom. The average Bonchev–Trinajstić information content (AvgIpc) is 2.71. The highest BCUT2D eigenvalue weighted by atomic mass is 16.6. The van der Waals surface area contributed by atoms with E-state index < -0.39 is 6.09 Å². The highest BCUT2D eigenvalue weighted by Crippen LogP contribution is 2.28. The molecule has 1 aliphatic rings. The molecule has 27 heavy (non-hydrogen) atoms. The Kier molecular flexibility index (Phi) is 5.93. The predicted octanol–water partition coefficient (Wildman–Crippen LogP) is 2.96. The Balaban J connectivity index is 1.70. The average molecular weight is 369 g/mol. The zero-order chi connectivity index (χ0) is 19.2. The molecular weight excluding hydrogens is 346 g/mol. The summed E-state index contributed by atoms with van der Waals surface area (Å²) < 4.78 is 5.42. The van der Waals surface area contributed by atoms with Gasteiger partial charge in [0, 0.05) is 19.3 Å². The van der Waals surface area contributed by atoms with E-state index in [0.717, 1.165) is 16.8 Å². The normalized spacial score (nSPS) is 15.6. The first kappa shape index (κ1) is 18.7. The van der Waals surface area contributed by atoms with Crippen molar-refractivity contribution in [1.82, 2.24) is 10.4 Å². The number of ether oxygens (including phenoxy) is 1. The fourth-order valence-electron chi connectivity index (χ4n) is 3.14. The second-order valence-corrected chi connectivity index (χ2v) is 6.36. The molecular formula is C20H23N3O4. The summed E-state index contributed by atoms with van der Waals surface area (Å²) in [6.45, 7) is 0.560. The number of carbonyl (C=O) groups is 2. The lowest BCUT2D eigenvalue weighted by molar-refractivity contribution is 0.0892. The van der Waals surface area contributed by atoms with Gasteiger partial charge in [-0.15, -0.1) is 0 Å². The summed E-state index contributed by atoms with van der Waals surface area (Å²) in [6.07, 6.45) is 0.222. The van der Waals surface area contributed by atoms with Crippen molar-refractivity contribution in [2.45, 2.75) is 19.1 Å². The van der Waals surface area contributed by atoms with Crippen molar-refractivity contribution in [1.29, 1.82) is 0 Å². The molecule has 7 heteroatoms. The summed E-state index contributed by atoms with van der Waals surface area (Å²) in [7, 11) is 3.08. The van der Waals surface area contributed by atoms with Crippen molar-refractivity contribution in [2.75, 3.05) is 25.6 Å². The second-order valence-electron chi connectivity index (χ2n) is 6.36. The molecule has 0 saturated carbocycles. The molecule has 142 valence electrons. The number of likely N-dealkylation sites (N-methyl/N-ethyl adjacent to an activating group) is 1. The van der Waals surface area contributed by atoms with Crippen LogP contribution >= 0.6 is 0 Å². The van der Waals surface area contributed by atoms with Crippen LogP contribution in [0.15, 0.2) is 54.6 Å². The Labute approximate surface area is 158 Å². The molecule has 0 aromatic heterocycles. The summed E-state index contributed by atoms with van der Waals surface area (Å²) in [5.74, 6) is 0. The number of benzene rings is 2. The molecule has 2 aromatic carbocycles. The van der Waals surface area contributed by atoms with Gasteiger partial charge in [0.1, 0.15) is 6.61 Å². The van der Waals surface area contributed by atoms with E-state index in [1.807, 2.05) is 54.6 Å². The largest absolute Gasteiger partial charge is 0.445 e. The summed E-state index contributed by atoms with van der Waals surface area (Å²) in [5.41, 5.74) is 5.07. The van der Waals surface area contributed by atoms with Crippen LogP contribution in [-0.2, 0) is 22.6 Å². The Hall–Kier alpha value is -3.06. The number of anilines is 1. The van der Waals surface area contributed by atoms with Crippen LogP contribution in [0.2, 0.25) is 0 Å². The minimum atomic E-state index is -0.421. The van der Waals surface area contributed by atoms with E-state index in [-0.39, 0.29) is 18.7 Å². The molecule has 1 N–H and O–H groups in total. The van der Waals surface area contributed by atoms with Crippen LogP contribution in [0, 0.1) is 0 Å². The topological polar surface area (TPSA) is 71.1 Å². The van der Waals surface area contributed by atoms with E-state index in [1.165, 1.54) is 7.11 Å². The number of para-hydroxylation sites is 1. The fourth-order valence-corrected chi connectivity index (χ4v) is 3.14. The Morgan fingerprint density at radius 1 is 1.15 bits per heavy atom. The number of hydrogen-bond acceptors (Lipinski definition) is 4. The number of urea groups is 1. The minimum absolute atomic E-state index is 0.203. The zero-order valence-electron chi connectivity index (χ0n) is 15.4. The third-order valence-corrected chi connectivity index (χ3v) is 4.61. The van der Waals surface area contributed by atoms with E-state index in [2.05, 4.69) is 5.48 Å². The molecule has 0 saturated heterocycles. The number of nitrogens with one attached hydrogen (secondary N) is 1. The molecule has 0 fully saturated rings. The lowest BCUT2D eigenvalue weighted by Gasteiger charge is -2.38. The molecule has 0 spiro atoms. The van der Waals surface area contributed by atoms with Gasteiger partial charge < -0.3 is 9.64 Å². The standard InChI is InChI=1S/C20H23N3O4/c1-22(20(25)27-14-15-8-4-3-5-9-15)17-12-16-10-6-7-11-18(16)23(13-17)19(24)21-26-2/h3-11,17H,12-14H2,1-2H3,(H,21,24). The molecule has 0 bridgehead atoms. The Bertz CT molecular complexity index is 797. The zero-order valence-corrected chi connectivity index (χ0v) is 15.4. The van der Waals surface area contributed by atoms with Gasteiger partial charge in [-0.2, -0.15) is 0 Å². The van der Waals surface area contributed by atoms with Crippen molar-refractivity contribution in [3.05, 3.63) is 65.7 Å². The number of nitrogens with zero attached hydrogens (tertiary/aromatic N) is 2. The van der Waals surface area contributed by atoms with E-state index >= 15 is 0 Å². The minimum Gasteiger partial charge on any atom is -0.445 e. The van der Waals surface area contributed by atoms with Crippen molar-refractivity contribution in [3.63, 3.8) is 0 Å². The van der Waals surface area contributed by atoms with E-state index in [0.29, 0.717) is 13.0 Å². The first-order chi connectivity index (χ1) is 13.1. The fraction of sp³-hybridized carbons (Fsp3) is 0.300. The quantitative estimate of drug-likeness (QED) is 0.841. The van der Waals surface area contributed by atoms with Crippen LogP contribution in [0.4, 0.5) is 15.3 Å². The van der Waals surface area contributed by atoms with Crippen LogP contribution < -0.4 is 10.4 Å². The number of hydroxylamine groups is 1. The van der Waals surface area contributed by atoms with Gasteiger partial charge in [0.2, 0.25) is 0 Å². The second kappa shape index (κ2) is 8.55. The van der Waals surface area contributed by atoms with E-state index in [9.17, 15) is 9.59 Å². The number of rotatable bonds is 4. The lowest BCUT2D eigenvalue weighted by atomic mass is 9.97. The van der Waals surface area contributed by atoms with Crippen LogP contribution in [0.5, 0.6) is 0 Å². The van der Waals surface area contributed by atoms with E-state index in [1.54, 1.807) is 16.8 Å². The van der Waals surface area contributed by atoms with Crippen LogP contribution in [0.1, 0.15) is 11.1 Å². The molecule has 0 aliphatic carbocycles. The van der Waals surface area contributed by atoms with Crippen molar-refractivity contribution in [2.24, 2.45) is 0 Å². The maximum Gasteiger partial charge on any atom is 0.410 e. The van der Waals surface area contributed by atoms with Crippen molar-refractivity contribution < 1.29 is 19.2 Å². The summed E-state index contributed by atoms with van der Waals surface area (Å²) in [4.78, 5) is 32.7. The molecule has 2 aromatic rings. The molecule has 1 unspecified atom stereocenters. The highest BCUT2D eigenvalue weighted by molar-refractivity contribution is 5.93. The number of carbonyl (C=O) groups excluding carboxylic acids is 2. The first-order valence-electron chi connectivity index (χ1n) is 8.72. The molecule has 1 heterocycles. The predicted molar refractivity (Wildman–Crippen MR) is 101 cm³/mol. The summed E-state index contributed by atoms with van der Waals surface area (Å²) >= 11 is 0. The molecule has 3 amide bonds. The van der Waals surface area contributed by atoms with Gasteiger partial charge in [-0.3, -0.25) is 9.74 Å². The third kappa shape index (κ3) is 4.38. The van der Waals surface area contributed by atoms with Gasteiger partial charge in [0.25, 0.3) is 0 Å². The van der Waals surface area contributed by atoms with Gasteiger partial charge >= 0.3 is 12.1 Å². The maximum atomic E-state index is 12.5. The maximum absolute atomic E-state index is 12.5. The van der Waals surface area contributed by atoms with Crippen molar-refractivity contribution >= 4 is 17.8 Å². The SMILES string of the molecule is CONC(=O)N1CC(N(C)C(=O)OCc2ccccc2)Cc2ccccc21. The smallest absolute Gasteiger partial charge is 0.410 e. The van der Waals surface area contributed by atoms with Gasteiger partial charge in [0.15, 0.2) is 0 Å².